The highest BCUT2D eigenvalue weighted by molar-refractivity contribution is 5.82. The minimum Gasteiger partial charge on any atom is -0.425 e. The lowest BCUT2D eigenvalue weighted by molar-refractivity contribution is -0.142. The Morgan fingerprint density at radius 2 is 2.00 bits per heavy atom. The van der Waals surface area contributed by atoms with Crippen molar-refractivity contribution in [1.29, 1.82) is 0 Å². The number of likely N-dealkylation sites (tertiary alicyclic amines) is 1. The summed E-state index contributed by atoms with van der Waals surface area (Å²) in [5.41, 5.74) is 0. The van der Waals surface area contributed by atoms with Gasteiger partial charge in [0.15, 0.2) is 0 Å². The fraction of sp³-hybridized carbons (Fsp3) is 0.824. The summed E-state index contributed by atoms with van der Waals surface area (Å²) in [5, 5.41) is 8.21. The Bertz CT molecular complexity index is 638. The third kappa shape index (κ3) is 2.29. The third-order valence-electron chi connectivity index (χ3n) is 6.28. The van der Waals surface area contributed by atoms with Crippen LogP contribution in [0.15, 0.2) is 4.42 Å². The first kappa shape index (κ1) is 14.8. The van der Waals surface area contributed by atoms with Crippen LogP contribution < -0.4 is 0 Å². The molecule has 3 aliphatic heterocycles. The molecular weight excluding hydrogens is 310 g/mol. The molecule has 1 amide bonds. The van der Waals surface area contributed by atoms with Gasteiger partial charge in [0.1, 0.15) is 0 Å². The molecule has 24 heavy (non-hydrogen) atoms. The van der Waals surface area contributed by atoms with Gasteiger partial charge in [-0.15, -0.1) is 10.2 Å². The van der Waals surface area contributed by atoms with Crippen molar-refractivity contribution < 1.29 is 18.7 Å². The van der Waals surface area contributed by atoms with Crippen LogP contribution in [0.4, 0.5) is 0 Å². The molecule has 4 aliphatic rings. The number of ether oxygens (including phenoxy) is 2. The van der Waals surface area contributed by atoms with Gasteiger partial charge in [0.05, 0.1) is 19.3 Å². The third-order valence-corrected chi connectivity index (χ3v) is 6.28. The molecule has 7 nitrogen and oxygen atoms in total. The van der Waals surface area contributed by atoms with Crippen LogP contribution in [-0.2, 0) is 14.3 Å². The number of carbonyl (C=O) groups is 1. The number of aromatic nitrogens is 2. The van der Waals surface area contributed by atoms with Crippen molar-refractivity contribution in [3.8, 4) is 0 Å². The largest absolute Gasteiger partial charge is 0.425 e. The van der Waals surface area contributed by atoms with Crippen molar-refractivity contribution in [3.05, 3.63) is 11.8 Å². The van der Waals surface area contributed by atoms with E-state index in [1.807, 2.05) is 6.92 Å². The number of piperidine rings is 1. The molecule has 7 heteroatoms. The molecule has 1 aliphatic carbocycles. The van der Waals surface area contributed by atoms with E-state index < -0.39 is 0 Å². The van der Waals surface area contributed by atoms with Crippen LogP contribution in [-0.4, -0.2) is 60.0 Å². The molecule has 6 atom stereocenters. The minimum atomic E-state index is 0.196. The second-order valence-corrected chi connectivity index (χ2v) is 7.59. The number of rotatable bonds is 2. The van der Waals surface area contributed by atoms with E-state index >= 15 is 0 Å². The van der Waals surface area contributed by atoms with E-state index in [2.05, 4.69) is 15.1 Å². The van der Waals surface area contributed by atoms with Crippen LogP contribution in [0.25, 0.3) is 0 Å². The zero-order chi connectivity index (χ0) is 16.3. The zero-order valence-corrected chi connectivity index (χ0v) is 13.9. The number of aryl methyl sites for hydroxylation is 1. The van der Waals surface area contributed by atoms with Crippen LogP contribution in [0.1, 0.15) is 30.5 Å². The maximum Gasteiger partial charge on any atom is 0.226 e. The molecule has 1 unspecified atom stereocenters. The maximum atomic E-state index is 12.9. The first-order valence-electron chi connectivity index (χ1n) is 9.00. The first-order chi connectivity index (χ1) is 11.7. The van der Waals surface area contributed by atoms with Gasteiger partial charge in [-0.3, -0.25) is 4.79 Å². The van der Waals surface area contributed by atoms with Gasteiger partial charge < -0.3 is 18.8 Å². The molecule has 4 heterocycles. The van der Waals surface area contributed by atoms with Gasteiger partial charge in [-0.1, -0.05) is 0 Å². The number of fused-ring (bicyclic) bond motifs is 2. The maximum absolute atomic E-state index is 12.9. The van der Waals surface area contributed by atoms with E-state index in [0.29, 0.717) is 29.5 Å². The van der Waals surface area contributed by atoms with Gasteiger partial charge >= 0.3 is 0 Å². The molecule has 5 rings (SSSR count). The zero-order valence-electron chi connectivity index (χ0n) is 13.9. The van der Waals surface area contributed by atoms with E-state index in [-0.39, 0.29) is 23.9 Å². The van der Waals surface area contributed by atoms with Crippen molar-refractivity contribution >= 4 is 5.91 Å². The molecule has 0 bridgehead atoms. The topological polar surface area (TPSA) is 77.7 Å². The summed E-state index contributed by atoms with van der Waals surface area (Å²) in [4.78, 5) is 14.9. The van der Waals surface area contributed by atoms with Gasteiger partial charge in [0.2, 0.25) is 17.7 Å². The van der Waals surface area contributed by atoms with Crippen LogP contribution in [0.2, 0.25) is 0 Å². The fourth-order valence-corrected chi connectivity index (χ4v) is 4.90. The molecule has 1 aromatic heterocycles. The van der Waals surface area contributed by atoms with Gasteiger partial charge in [-0.2, -0.15) is 0 Å². The summed E-state index contributed by atoms with van der Waals surface area (Å²) in [6.45, 7) is 5.60. The van der Waals surface area contributed by atoms with Gasteiger partial charge in [-0.25, -0.2) is 0 Å². The number of nitrogens with zero attached hydrogens (tertiary/aromatic N) is 3. The highest BCUT2D eigenvalue weighted by atomic mass is 16.5. The Morgan fingerprint density at radius 3 is 2.75 bits per heavy atom. The fourth-order valence-electron chi connectivity index (χ4n) is 4.90. The Hall–Kier alpha value is -1.47. The van der Waals surface area contributed by atoms with E-state index in [1.165, 1.54) is 0 Å². The average Bonchev–Trinajstić information content (AvgIpc) is 2.93. The molecule has 130 valence electrons. The number of hydrogen-bond donors (Lipinski definition) is 0. The second-order valence-electron chi connectivity index (χ2n) is 7.59. The van der Waals surface area contributed by atoms with E-state index in [4.69, 9.17) is 13.9 Å². The molecule has 1 saturated carbocycles. The highest BCUT2D eigenvalue weighted by Crippen LogP contribution is 2.52. The van der Waals surface area contributed by atoms with E-state index in [1.54, 1.807) is 0 Å². The van der Waals surface area contributed by atoms with Crippen LogP contribution in [0.3, 0.4) is 0 Å². The molecule has 3 saturated heterocycles. The molecule has 0 spiro atoms. The van der Waals surface area contributed by atoms with Crippen molar-refractivity contribution in [3.63, 3.8) is 0 Å². The molecule has 0 aromatic carbocycles. The number of amides is 1. The van der Waals surface area contributed by atoms with Gasteiger partial charge in [-0.05, 0) is 24.7 Å². The quantitative estimate of drug-likeness (QED) is 0.803. The van der Waals surface area contributed by atoms with Crippen molar-refractivity contribution in [2.45, 2.75) is 31.8 Å². The molecular formula is C17H23N3O4. The lowest BCUT2D eigenvalue weighted by atomic mass is 9.79. The summed E-state index contributed by atoms with van der Waals surface area (Å²) in [6.07, 6.45) is 1.98. The minimum absolute atomic E-state index is 0.196. The Morgan fingerprint density at radius 1 is 1.17 bits per heavy atom. The normalized spacial score (nSPS) is 41.0. The molecule has 1 aromatic rings. The second kappa shape index (κ2) is 5.52. The van der Waals surface area contributed by atoms with Crippen LogP contribution in [0.5, 0.6) is 0 Å². The summed E-state index contributed by atoms with van der Waals surface area (Å²) in [7, 11) is 0. The van der Waals surface area contributed by atoms with Gasteiger partial charge in [0, 0.05) is 44.4 Å². The van der Waals surface area contributed by atoms with Crippen LogP contribution >= 0.6 is 0 Å². The van der Waals surface area contributed by atoms with Crippen molar-refractivity contribution in [2.75, 3.05) is 32.9 Å². The highest BCUT2D eigenvalue weighted by Gasteiger charge is 2.59. The lowest BCUT2D eigenvalue weighted by Crippen LogP contribution is -2.51. The summed E-state index contributed by atoms with van der Waals surface area (Å²) in [6, 6.07) is 0. The molecule has 4 fully saturated rings. The first-order valence-corrected chi connectivity index (χ1v) is 9.00. The number of carbonyl (C=O) groups excluding carboxylic acids is 1. The Balaban J connectivity index is 1.32. The molecule has 0 N–H and O–H groups in total. The predicted molar refractivity (Wildman–Crippen MR) is 82.1 cm³/mol. The monoisotopic (exact) mass is 333 g/mol. The number of hydrogen-bond acceptors (Lipinski definition) is 6. The van der Waals surface area contributed by atoms with Gasteiger partial charge in [0.25, 0.3) is 0 Å². The summed E-state index contributed by atoms with van der Waals surface area (Å²) >= 11 is 0. The summed E-state index contributed by atoms with van der Waals surface area (Å²) < 4.78 is 17.1. The Labute approximate surface area is 140 Å². The standard InChI is InChI=1S/C17H23N3O4/c1-9-18-19-16(24-9)10-3-5-23-14-2-4-20(6-11(10)14)17(21)15-12-7-22-8-13(12)15/h10-15H,2-8H2,1H3/t10-,11-,12-,13+,14-,15?/m1/s1. The lowest BCUT2D eigenvalue weighted by Gasteiger charge is -2.44. The average molecular weight is 333 g/mol. The Kier molecular flexibility index (Phi) is 3.42. The van der Waals surface area contributed by atoms with E-state index in [0.717, 1.165) is 45.8 Å². The SMILES string of the molecule is Cc1nnc([C@@H]2CCO[C@@H]3CCN(C(=O)C4[C@H]5COC[C@@H]45)C[C@@H]32)o1. The molecule has 0 radical (unpaired) electrons. The van der Waals surface area contributed by atoms with E-state index in [9.17, 15) is 4.79 Å². The van der Waals surface area contributed by atoms with Crippen molar-refractivity contribution in [1.82, 2.24) is 15.1 Å². The smallest absolute Gasteiger partial charge is 0.226 e. The van der Waals surface area contributed by atoms with Crippen LogP contribution in [0, 0.1) is 30.6 Å². The summed E-state index contributed by atoms with van der Waals surface area (Å²) in [5.74, 6) is 3.20. The predicted octanol–water partition coefficient (Wildman–Crippen LogP) is 0.991. The van der Waals surface area contributed by atoms with Crippen molar-refractivity contribution in [2.24, 2.45) is 23.7 Å².